The van der Waals surface area contributed by atoms with Crippen LogP contribution in [0.25, 0.3) is 57.7 Å². The second kappa shape index (κ2) is 18.9. The van der Waals surface area contributed by atoms with Gasteiger partial charge in [0.1, 0.15) is 0 Å². The van der Waals surface area contributed by atoms with Gasteiger partial charge >= 0.3 is 0 Å². The molecule has 0 N–H and O–H groups in total. The Morgan fingerprint density at radius 1 is 0.291 bits per heavy atom. The van der Waals surface area contributed by atoms with Gasteiger partial charge in [0.25, 0.3) is 0 Å². The van der Waals surface area contributed by atoms with Crippen molar-refractivity contribution < 1.29 is 0 Å². The van der Waals surface area contributed by atoms with E-state index >= 15 is 0 Å². The molecule has 0 fully saturated rings. The first-order chi connectivity index (χ1) is 38.0. The minimum absolute atomic E-state index is 0.172. The summed E-state index contributed by atoms with van der Waals surface area (Å²) in [5, 5.41) is 0. The fourth-order valence-electron chi connectivity index (χ4n) is 13.1. The summed E-state index contributed by atoms with van der Waals surface area (Å²) in [7, 11) is -1.17. The summed E-state index contributed by atoms with van der Waals surface area (Å²) in [4.78, 5) is 7.73. The highest BCUT2D eigenvalue weighted by Crippen LogP contribution is 2.67. The van der Waals surface area contributed by atoms with Crippen LogP contribution >= 0.6 is 10.0 Å². The van der Waals surface area contributed by atoms with Crippen molar-refractivity contribution >= 4 is 68.5 Å². The lowest BCUT2D eigenvalue weighted by molar-refractivity contribution is 0.660. The van der Waals surface area contributed by atoms with E-state index in [-0.39, 0.29) is 10.8 Å². The van der Waals surface area contributed by atoms with Crippen molar-refractivity contribution in [1.29, 1.82) is 0 Å². The molecule has 79 heavy (non-hydrogen) atoms. The average molecular weight is 1040 g/mol. The number of nitrogens with zero attached hydrogens (tertiary/aromatic N) is 2. The lowest BCUT2D eigenvalue weighted by atomic mass is 9.81. The third-order valence-electron chi connectivity index (χ3n) is 17.3. The van der Waals surface area contributed by atoms with Crippen LogP contribution in [0.15, 0.2) is 216 Å². The standard InChI is InChI=1S/C76H68N2S/c1-49-15-11-19-57(39-49)77(58-20-12-16-50(2)40-58)61-31-35-65-63-33-27-55(45-69(63)75(5,6)71(65)47-61)25-23-53-29-37-73-67(43-53)68-44-54(30-38-74(68)79(73,9)10)24-26-56-28-34-64-66-36-32-62(48-72(66)76(7,8)70(64)46-56)78(59-21-13-17-51(3)41-59)60-22-14-18-52(4)42-60/h11-48H,1-10H3. The molecule has 13 rings (SSSR count). The van der Waals surface area contributed by atoms with Crippen molar-refractivity contribution in [3.8, 4) is 33.4 Å². The van der Waals surface area contributed by atoms with Crippen LogP contribution in [0.3, 0.4) is 0 Å². The van der Waals surface area contributed by atoms with E-state index in [0.717, 1.165) is 0 Å². The minimum Gasteiger partial charge on any atom is -0.310 e. The van der Waals surface area contributed by atoms with Crippen molar-refractivity contribution in [3.05, 3.63) is 273 Å². The van der Waals surface area contributed by atoms with Gasteiger partial charge in [0.15, 0.2) is 0 Å². The van der Waals surface area contributed by atoms with E-state index in [1.54, 1.807) is 0 Å². The Kier molecular flexibility index (Phi) is 12.0. The normalized spacial score (nSPS) is 15.1. The Morgan fingerprint density at radius 2 is 0.570 bits per heavy atom. The number of hydrogen-bond donors (Lipinski definition) is 0. The van der Waals surface area contributed by atoms with Gasteiger partial charge in [-0.15, -0.1) is 0 Å². The molecule has 0 spiro atoms. The van der Waals surface area contributed by atoms with E-state index in [2.05, 4.69) is 308 Å². The maximum absolute atomic E-state index is 2.45. The van der Waals surface area contributed by atoms with Crippen molar-refractivity contribution in [3.63, 3.8) is 0 Å². The first kappa shape index (κ1) is 50.2. The van der Waals surface area contributed by atoms with Gasteiger partial charge in [-0.25, -0.2) is 0 Å². The minimum atomic E-state index is -1.17. The zero-order valence-electron chi connectivity index (χ0n) is 47.2. The number of hydrogen-bond acceptors (Lipinski definition) is 2. The summed E-state index contributed by atoms with van der Waals surface area (Å²) < 4.78 is 0. The van der Waals surface area contributed by atoms with Gasteiger partial charge in [0.2, 0.25) is 0 Å². The van der Waals surface area contributed by atoms with Gasteiger partial charge in [0, 0.05) is 54.7 Å². The number of anilines is 6. The van der Waals surface area contributed by atoms with Gasteiger partial charge in [-0.05, 0) is 237 Å². The van der Waals surface area contributed by atoms with Crippen LogP contribution in [0.4, 0.5) is 34.1 Å². The second-order valence-corrected chi connectivity index (χ2v) is 27.4. The molecule has 388 valence electrons. The fraction of sp³-hybridized carbons (Fsp3) is 0.158. The predicted octanol–water partition coefficient (Wildman–Crippen LogP) is 21.3. The van der Waals surface area contributed by atoms with Crippen molar-refractivity contribution in [2.24, 2.45) is 0 Å². The number of rotatable bonds is 10. The Bertz CT molecular complexity index is 3820. The largest absolute Gasteiger partial charge is 0.310 e. The summed E-state index contributed by atoms with van der Waals surface area (Å²) in [6.07, 6.45) is 14.1. The zero-order chi connectivity index (χ0) is 54.5. The molecule has 0 bridgehead atoms. The van der Waals surface area contributed by atoms with Crippen LogP contribution in [0.5, 0.6) is 0 Å². The molecule has 0 aromatic heterocycles. The van der Waals surface area contributed by atoms with Crippen LogP contribution in [-0.4, -0.2) is 12.5 Å². The van der Waals surface area contributed by atoms with Crippen LogP contribution in [0.1, 0.15) is 94.5 Å². The molecular formula is C76H68N2S. The number of benzene rings is 10. The number of aryl methyl sites for hydroxylation is 4. The summed E-state index contributed by atoms with van der Waals surface area (Å²) in [6.45, 7) is 18.2. The third kappa shape index (κ3) is 8.67. The van der Waals surface area contributed by atoms with Gasteiger partial charge in [0.05, 0.1) is 0 Å². The Balaban J connectivity index is 0.758. The summed E-state index contributed by atoms with van der Waals surface area (Å²) >= 11 is 0. The van der Waals surface area contributed by atoms with E-state index in [9.17, 15) is 0 Å². The Morgan fingerprint density at radius 3 is 0.899 bits per heavy atom. The maximum atomic E-state index is 2.45. The van der Waals surface area contributed by atoms with Crippen LogP contribution in [0, 0.1) is 27.7 Å². The molecule has 2 nitrogen and oxygen atoms in total. The SMILES string of the molecule is Cc1cccc(N(c2cccc(C)c2)c2ccc3c(c2)C(C)(C)c2cc(C=Cc4ccc5c(c4)-c4cc(C=Cc6ccc7c(c6)C(C)(C)c6cc(N(c8cccc(C)c8)c8cccc(C)c8)ccc6-7)ccc4S5(C)C)ccc2-3)c1. The molecule has 0 saturated heterocycles. The van der Waals surface area contributed by atoms with E-state index in [4.69, 9.17) is 0 Å². The molecule has 1 heterocycles. The molecule has 3 heteroatoms. The molecular weight excluding hydrogens is 973 g/mol. The van der Waals surface area contributed by atoms with Crippen molar-refractivity contribution in [1.82, 2.24) is 0 Å². The predicted molar refractivity (Wildman–Crippen MR) is 342 cm³/mol. The second-order valence-electron chi connectivity index (χ2n) is 23.9. The van der Waals surface area contributed by atoms with Crippen LogP contribution < -0.4 is 9.80 Å². The topological polar surface area (TPSA) is 6.48 Å². The Hall–Kier alpha value is -8.37. The van der Waals surface area contributed by atoms with Crippen molar-refractivity contribution in [2.75, 3.05) is 22.3 Å². The van der Waals surface area contributed by atoms with Crippen LogP contribution in [-0.2, 0) is 10.8 Å². The highest BCUT2D eigenvalue weighted by Gasteiger charge is 2.38. The zero-order valence-corrected chi connectivity index (χ0v) is 48.1. The Labute approximate surface area is 470 Å². The fourth-order valence-corrected chi connectivity index (χ4v) is 15.5. The summed E-state index contributed by atoms with van der Waals surface area (Å²) in [5.74, 6) is 0. The van der Waals surface area contributed by atoms with E-state index in [0.29, 0.717) is 0 Å². The van der Waals surface area contributed by atoms with Gasteiger partial charge in [-0.1, -0.05) is 161 Å². The lowest BCUT2D eigenvalue weighted by Gasteiger charge is -2.28. The van der Waals surface area contributed by atoms with E-state index in [1.165, 1.54) is 144 Å². The third-order valence-corrected chi connectivity index (χ3v) is 20.2. The maximum Gasteiger partial charge on any atom is 0.0465 e. The van der Waals surface area contributed by atoms with Crippen LogP contribution in [0.2, 0.25) is 0 Å². The first-order valence-corrected chi connectivity index (χ1v) is 30.3. The monoisotopic (exact) mass is 1040 g/mol. The van der Waals surface area contributed by atoms with Gasteiger partial charge < -0.3 is 9.80 Å². The average Bonchev–Trinajstić information content (AvgIpc) is 4.12. The molecule has 0 saturated carbocycles. The van der Waals surface area contributed by atoms with E-state index in [1.807, 2.05) is 0 Å². The first-order valence-electron chi connectivity index (χ1n) is 27.9. The smallest absolute Gasteiger partial charge is 0.0465 e. The summed E-state index contributed by atoms with van der Waals surface area (Å²) in [6, 6.07) is 77.8. The molecule has 2 aliphatic carbocycles. The van der Waals surface area contributed by atoms with Gasteiger partial charge in [-0.2, -0.15) is 10.0 Å². The lowest BCUT2D eigenvalue weighted by Crippen LogP contribution is -2.16. The molecule has 1 aliphatic heterocycles. The number of fused-ring (bicyclic) bond motifs is 9. The molecule has 0 amide bonds. The highest BCUT2D eigenvalue weighted by molar-refractivity contribution is 8.33. The van der Waals surface area contributed by atoms with E-state index < -0.39 is 10.0 Å². The molecule has 0 unspecified atom stereocenters. The quantitative estimate of drug-likeness (QED) is 0.126. The molecule has 10 aromatic rings. The van der Waals surface area contributed by atoms with Gasteiger partial charge in [-0.3, -0.25) is 0 Å². The summed E-state index contributed by atoms with van der Waals surface area (Å²) in [5.41, 5.74) is 30.0. The highest BCUT2D eigenvalue weighted by atomic mass is 32.3. The molecule has 0 radical (unpaired) electrons. The molecule has 0 atom stereocenters. The van der Waals surface area contributed by atoms with Crippen molar-refractivity contribution in [2.45, 2.75) is 76.0 Å². The molecule has 10 aromatic carbocycles. The molecule has 3 aliphatic rings.